The highest BCUT2D eigenvalue weighted by atomic mass is 32.2. The van der Waals surface area contributed by atoms with Crippen LogP contribution in [0.4, 0.5) is 13.2 Å². The third kappa shape index (κ3) is 3.71. The van der Waals surface area contributed by atoms with Crippen molar-refractivity contribution in [2.75, 3.05) is 19.6 Å². The van der Waals surface area contributed by atoms with Gasteiger partial charge in [0.25, 0.3) is 0 Å². The van der Waals surface area contributed by atoms with Crippen LogP contribution in [0.15, 0.2) is 23.1 Å². The molecule has 1 saturated heterocycles. The summed E-state index contributed by atoms with van der Waals surface area (Å²) in [4.78, 5) is -0.282. The van der Waals surface area contributed by atoms with Crippen LogP contribution in [0.5, 0.6) is 0 Å². The smallest absolute Gasteiger partial charge is 0.314 e. The quantitative estimate of drug-likeness (QED) is 0.893. The predicted molar refractivity (Wildman–Crippen MR) is 81.6 cm³/mol. The Labute approximate surface area is 139 Å². The molecule has 1 aromatic carbocycles. The summed E-state index contributed by atoms with van der Waals surface area (Å²) in [5, 5.41) is 12.1. The molecule has 0 saturated carbocycles. The number of sulfonamides is 1. The molecular weight excluding hydrogens is 343 g/mol. The van der Waals surface area contributed by atoms with E-state index in [-0.39, 0.29) is 17.5 Å². The molecule has 24 heavy (non-hydrogen) atoms. The van der Waals surface area contributed by atoms with Gasteiger partial charge in [-0.15, -0.1) is 0 Å². The zero-order chi connectivity index (χ0) is 18.0. The molecule has 0 aliphatic carbocycles. The van der Waals surface area contributed by atoms with Gasteiger partial charge in [0.15, 0.2) is 0 Å². The Morgan fingerprint density at radius 3 is 2.71 bits per heavy atom. The molecule has 1 aliphatic heterocycles. The van der Waals surface area contributed by atoms with Gasteiger partial charge < -0.3 is 5.32 Å². The zero-order valence-electron chi connectivity index (χ0n) is 13.1. The van der Waals surface area contributed by atoms with E-state index in [0.717, 1.165) is 18.6 Å². The Morgan fingerprint density at radius 1 is 1.42 bits per heavy atom. The second-order valence-electron chi connectivity index (χ2n) is 5.58. The Bertz CT molecular complexity index is 739. The first kappa shape index (κ1) is 18.7. The number of rotatable bonds is 4. The summed E-state index contributed by atoms with van der Waals surface area (Å²) in [5.41, 5.74) is -1.82. The topological polar surface area (TPSA) is 73.2 Å². The van der Waals surface area contributed by atoms with Gasteiger partial charge in [-0.25, -0.2) is 8.42 Å². The van der Waals surface area contributed by atoms with Crippen LogP contribution in [-0.2, 0) is 16.2 Å². The molecule has 1 aromatic rings. The van der Waals surface area contributed by atoms with Crippen molar-refractivity contribution in [2.24, 2.45) is 0 Å². The second kappa shape index (κ2) is 7.09. The van der Waals surface area contributed by atoms with Crippen molar-refractivity contribution >= 4 is 10.0 Å². The van der Waals surface area contributed by atoms with Crippen LogP contribution in [0.25, 0.3) is 0 Å². The lowest BCUT2D eigenvalue weighted by atomic mass is 10.1. The summed E-state index contributed by atoms with van der Waals surface area (Å²) in [6, 6.07) is 3.57. The first-order valence-corrected chi connectivity index (χ1v) is 8.99. The normalized spacial score (nSPS) is 19.9. The van der Waals surface area contributed by atoms with E-state index in [9.17, 15) is 21.6 Å². The summed E-state index contributed by atoms with van der Waals surface area (Å²) >= 11 is 0. The summed E-state index contributed by atoms with van der Waals surface area (Å²) in [7, 11) is -3.95. The van der Waals surface area contributed by atoms with E-state index < -0.39 is 27.3 Å². The molecule has 0 radical (unpaired) electrons. The minimum Gasteiger partial charge on any atom is -0.314 e. The van der Waals surface area contributed by atoms with Gasteiger partial charge in [0.05, 0.1) is 22.1 Å². The maximum atomic E-state index is 12.9. The minimum atomic E-state index is -4.70. The van der Waals surface area contributed by atoms with Gasteiger partial charge >= 0.3 is 6.18 Å². The van der Waals surface area contributed by atoms with Gasteiger partial charge in [0.1, 0.15) is 0 Å². The van der Waals surface area contributed by atoms with E-state index in [1.807, 2.05) is 6.92 Å². The van der Waals surface area contributed by atoms with E-state index >= 15 is 0 Å². The molecule has 0 bridgehead atoms. The van der Waals surface area contributed by atoms with Crippen LogP contribution < -0.4 is 5.32 Å². The molecule has 2 rings (SSSR count). The monoisotopic (exact) mass is 361 g/mol. The lowest BCUT2D eigenvalue weighted by molar-refractivity contribution is -0.137. The molecule has 1 atom stereocenters. The molecule has 1 N–H and O–H groups in total. The number of halogens is 3. The zero-order valence-corrected chi connectivity index (χ0v) is 13.9. The van der Waals surface area contributed by atoms with Crippen molar-refractivity contribution in [1.29, 1.82) is 5.26 Å². The molecule has 0 spiro atoms. The number of nitriles is 1. The van der Waals surface area contributed by atoms with E-state index in [4.69, 9.17) is 5.26 Å². The SMILES string of the molecule is CCCC1CNCCN1S(=O)(=O)c1ccc(C(F)(F)F)c(C#N)c1. The number of alkyl halides is 3. The van der Waals surface area contributed by atoms with Gasteiger partial charge in [-0.05, 0) is 24.6 Å². The average Bonchev–Trinajstić information content (AvgIpc) is 2.54. The van der Waals surface area contributed by atoms with Crippen molar-refractivity contribution in [3.63, 3.8) is 0 Å². The number of piperazine rings is 1. The fourth-order valence-electron chi connectivity index (χ4n) is 2.80. The predicted octanol–water partition coefficient (Wildman–Crippen LogP) is 2.34. The van der Waals surface area contributed by atoms with Crippen molar-refractivity contribution in [1.82, 2.24) is 9.62 Å². The maximum absolute atomic E-state index is 12.9. The third-order valence-corrected chi connectivity index (χ3v) is 5.89. The number of nitrogens with zero attached hydrogens (tertiary/aromatic N) is 2. The lowest BCUT2D eigenvalue weighted by Gasteiger charge is -2.35. The van der Waals surface area contributed by atoms with E-state index in [0.29, 0.717) is 25.6 Å². The lowest BCUT2D eigenvalue weighted by Crippen LogP contribution is -2.53. The highest BCUT2D eigenvalue weighted by molar-refractivity contribution is 7.89. The Balaban J connectivity index is 2.44. The molecule has 0 aromatic heterocycles. The largest absolute Gasteiger partial charge is 0.417 e. The summed E-state index contributed by atoms with van der Waals surface area (Å²) in [5.74, 6) is 0. The fraction of sp³-hybridized carbons (Fsp3) is 0.533. The number of nitrogens with one attached hydrogen (secondary N) is 1. The van der Waals surface area contributed by atoms with E-state index in [1.54, 1.807) is 0 Å². The highest BCUT2D eigenvalue weighted by Crippen LogP contribution is 2.33. The number of hydrogen-bond donors (Lipinski definition) is 1. The summed E-state index contributed by atoms with van der Waals surface area (Å²) < 4.78 is 65.5. The molecule has 5 nitrogen and oxygen atoms in total. The van der Waals surface area contributed by atoms with Crippen LogP contribution in [0.2, 0.25) is 0 Å². The summed E-state index contributed by atoms with van der Waals surface area (Å²) in [6.45, 7) is 3.16. The highest BCUT2D eigenvalue weighted by Gasteiger charge is 2.37. The van der Waals surface area contributed by atoms with Gasteiger partial charge in [0, 0.05) is 25.7 Å². The molecule has 1 aliphatic rings. The Hall–Kier alpha value is -1.63. The van der Waals surface area contributed by atoms with Crippen molar-refractivity contribution < 1.29 is 21.6 Å². The van der Waals surface area contributed by atoms with E-state index in [2.05, 4.69) is 5.32 Å². The van der Waals surface area contributed by atoms with Crippen LogP contribution in [-0.4, -0.2) is 38.4 Å². The molecule has 9 heteroatoms. The Morgan fingerprint density at radius 2 is 2.12 bits per heavy atom. The maximum Gasteiger partial charge on any atom is 0.417 e. The van der Waals surface area contributed by atoms with Crippen LogP contribution >= 0.6 is 0 Å². The standard InChI is InChI=1S/C15H18F3N3O2S/c1-2-3-12-10-20-6-7-21(12)24(22,23)13-4-5-14(15(16,17)18)11(8-13)9-19/h4-5,8,12,20H,2-3,6-7,10H2,1H3. The second-order valence-corrected chi connectivity index (χ2v) is 7.47. The van der Waals surface area contributed by atoms with E-state index in [1.165, 1.54) is 10.4 Å². The number of hydrogen-bond acceptors (Lipinski definition) is 4. The van der Waals surface area contributed by atoms with Gasteiger partial charge in [-0.1, -0.05) is 13.3 Å². The molecule has 1 heterocycles. The van der Waals surface area contributed by atoms with Crippen LogP contribution in [0.1, 0.15) is 30.9 Å². The van der Waals surface area contributed by atoms with Gasteiger partial charge in [-0.2, -0.15) is 22.7 Å². The van der Waals surface area contributed by atoms with Crippen LogP contribution in [0.3, 0.4) is 0 Å². The third-order valence-electron chi connectivity index (χ3n) is 3.94. The molecule has 1 unspecified atom stereocenters. The molecule has 0 amide bonds. The average molecular weight is 361 g/mol. The first-order valence-electron chi connectivity index (χ1n) is 7.55. The van der Waals surface area contributed by atoms with Crippen LogP contribution in [0, 0.1) is 11.3 Å². The number of benzene rings is 1. The molecule has 1 fully saturated rings. The minimum absolute atomic E-state index is 0.246. The Kier molecular flexibility index (Phi) is 5.52. The molecule has 132 valence electrons. The molecular formula is C15H18F3N3O2S. The first-order chi connectivity index (χ1) is 11.2. The fourth-order valence-corrected chi connectivity index (χ4v) is 4.48. The van der Waals surface area contributed by atoms with Crippen molar-refractivity contribution in [2.45, 2.75) is 36.9 Å². The summed E-state index contributed by atoms with van der Waals surface area (Å²) in [6.07, 6.45) is -3.26. The van der Waals surface area contributed by atoms with Gasteiger partial charge in [-0.3, -0.25) is 0 Å². The van der Waals surface area contributed by atoms with Gasteiger partial charge in [0.2, 0.25) is 10.0 Å². The van der Waals surface area contributed by atoms with Crippen molar-refractivity contribution in [3.05, 3.63) is 29.3 Å². The van der Waals surface area contributed by atoms with Crippen molar-refractivity contribution in [3.8, 4) is 6.07 Å².